The van der Waals surface area contributed by atoms with Crippen molar-refractivity contribution in [2.45, 2.75) is 16.8 Å². The van der Waals surface area contributed by atoms with E-state index in [2.05, 4.69) is 22.1 Å². The van der Waals surface area contributed by atoms with Gasteiger partial charge in [-0.25, -0.2) is 0 Å². The van der Waals surface area contributed by atoms with Crippen molar-refractivity contribution in [3.05, 3.63) is 70.9 Å². The molecule has 4 nitrogen and oxygen atoms in total. The number of rotatable bonds is 5. The van der Waals surface area contributed by atoms with Crippen molar-refractivity contribution < 1.29 is 14.3 Å². The van der Waals surface area contributed by atoms with Crippen LogP contribution in [0.25, 0.3) is 0 Å². The van der Waals surface area contributed by atoms with E-state index in [1.165, 1.54) is 5.56 Å². The zero-order valence-electron chi connectivity index (χ0n) is 13.9. The number of carbonyl (C=O) groups excluding carboxylic acids is 1. The molecule has 0 spiro atoms. The van der Waals surface area contributed by atoms with Gasteiger partial charge in [-0.15, -0.1) is 11.8 Å². The molecule has 1 aromatic heterocycles. The standard InChI is InChI=1S/C20H17NO3S2/c22-20(18-11-23-16-6-2-3-7-17(16)24-18)21-15-5-1-4-8-19(15)26-13-14-9-10-25-12-14/h1-10,12,18H,11,13H2,(H,21,22)/t18-/m1/s1. The predicted molar refractivity (Wildman–Crippen MR) is 105 cm³/mol. The lowest BCUT2D eigenvalue weighted by Crippen LogP contribution is -2.40. The van der Waals surface area contributed by atoms with E-state index >= 15 is 0 Å². The molecular weight excluding hydrogens is 366 g/mol. The lowest BCUT2D eigenvalue weighted by atomic mass is 10.2. The Balaban J connectivity index is 1.43. The maximum absolute atomic E-state index is 12.6. The molecule has 0 saturated carbocycles. The van der Waals surface area contributed by atoms with Crippen LogP contribution in [0.5, 0.6) is 11.5 Å². The predicted octanol–water partition coefficient (Wildman–Crippen LogP) is 4.82. The quantitative estimate of drug-likeness (QED) is 0.642. The molecule has 0 aliphatic carbocycles. The summed E-state index contributed by atoms with van der Waals surface area (Å²) in [4.78, 5) is 13.7. The first-order chi connectivity index (χ1) is 12.8. The molecule has 0 unspecified atom stereocenters. The topological polar surface area (TPSA) is 47.6 Å². The average molecular weight is 383 g/mol. The van der Waals surface area contributed by atoms with Gasteiger partial charge in [0.15, 0.2) is 11.5 Å². The molecule has 26 heavy (non-hydrogen) atoms. The van der Waals surface area contributed by atoms with Gasteiger partial charge in [-0.1, -0.05) is 24.3 Å². The second-order valence-electron chi connectivity index (χ2n) is 5.77. The van der Waals surface area contributed by atoms with Gasteiger partial charge >= 0.3 is 0 Å². The highest BCUT2D eigenvalue weighted by Crippen LogP contribution is 2.33. The molecule has 0 bridgehead atoms. The maximum Gasteiger partial charge on any atom is 0.269 e. The molecule has 1 aliphatic rings. The van der Waals surface area contributed by atoms with Gasteiger partial charge in [0.25, 0.3) is 5.91 Å². The van der Waals surface area contributed by atoms with E-state index < -0.39 is 6.10 Å². The highest BCUT2D eigenvalue weighted by atomic mass is 32.2. The van der Waals surface area contributed by atoms with Crippen LogP contribution in [0.1, 0.15) is 5.56 Å². The molecule has 132 valence electrons. The Bertz CT molecular complexity index is 896. The molecule has 0 fully saturated rings. The fourth-order valence-electron chi connectivity index (χ4n) is 2.59. The Morgan fingerprint density at radius 3 is 2.77 bits per heavy atom. The molecular formula is C20H17NO3S2. The van der Waals surface area contributed by atoms with Crippen LogP contribution >= 0.6 is 23.1 Å². The number of thioether (sulfide) groups is 1. The number of thiophene rings is 1. The summed E-state index contributed by atoms with van der Waals surface area (Å²) in [6.45, 7) is 0.201. The third-order valence-electron chi connectivity index (χ3n) is 3.92. The van der Waals surface area contributed by atoms with Crippen molar-refractivity contribution in [1.82, 2.24) is 0 Å². The van der Waals surface area contributed by atoms with E-state index in [4.69, 9.17) is 9.47 Å². The van der Waals surface area contributed by atoms with E-state index in [0.717, 1.165) is 16.3 Å². The lowest BCUT2D eigenvalue weighted by molar-refractivity contribution is -0.125. The van der Waals surface area contributed by atoms with Crippen LogP contribution in [0.2, 0.25) is 0 Å². The van der Waals surface area contributed by atoms with Crippen LogP contribution in [-0.2, 0) is 10.5 Å². The number of ether oxygens (including phenoxy) is 2. The van der Waals surface area contributed by atoms with Crippen molar-refractivity contribution in [3.8, 4) is 11.5 Å². The molecule has 0 saturated heterocycles. The van der Waals surface area contributed by atoms with Gasteiger partial charge in [0, 0.05) is 10.6 Å². The van der Waals surface area contributed by atoms with Gasteiger partial charge in [0.05, 0.1) is 5.69 Å². The summed E-state index contributed by atoms with van der Waals surface area (Å²) in [5.74, 6) is 1.93. The fourth-order valence-corrected chi connectivity index (χ4v) is 4.32. The lowest BCUT2D eigenvalue weighted by Gasteiger charge is -2.25. The van der Waals surface area contributed by atoms with E-state index in [1.54, 1.807) is 29.2 Å². The number of carbonyl (C=O) groups is 1. The third kappa shape index (κ3) is 3.86. The second kappa shape index (κ2) is 7.85. The van der Waals surface area contributed by atoms with Gasteiger partial charge in [-0.05, 0) is 46.7 Å². The molecule has 3 aromatic rings. The number of hydrogen-bond acceptors (Lipinski definition) is 5. The first-order valence-electron chi connectivity index (χ1n) is 8.22. The molecule has 4 rings (SSSR count). The molecule has 2 aromatic carbocycles. The summed E-state index contributed by atoms with van der Waals surface area (Å²) in [5.41, 5.74) is 2.07. The molecule has 0 radical (unpaired) electrons. The molecule has 2 heterocycles. The zero-order valence-corrected chi connectivity index (χ0v) is 15.5. The SMILES string of the molecule is O=C(Nc1ccccc1SCc1ccsc1)[C@H]1COc2ccccc2O1. The highest BCUT2D eigenvalue weighted by Gasteiger charge is 2.27. The molecule has 6 heteroatoms. The van der Waals surface area contributed by atoms with Crippen molar-refractivity contribution in [1.29, 1.82) is 0 Å². The Labute approximate surface area is 160 Å². The zero-order chi connectivity index (χ0) is 17.8. The number of amides is 1. The van der Waals surface area contributed by atoms with Crippen LogP contribution in [0.4, 0.5) is 5.69 Å². The van der Waals surface area contributed by atoms with E-state index in [9.17, 15) is 4.79 Å². The number of nitrogens with one attached hydrogen (secondary N) is 1. The van der Waals surface area contributed by atoms with Gasteiger partial charge in [0.2, 0.25) is 6.10 Å². The molecule has 1 atom stereocenters. The van der Waals surface area contributed by atoms with Crippen molar-refractivity contribution in [3.63, 3.8) is 0 Å². The Morgan fingerprint density at radius 2 is 1.92 bits per heavy atom. The van der Waals surface area contributed by atoms with Crippen LogP contribution in [0, 0.1) is 0 Å². The monoisotopic (exact) mass is 383 g/mol. The van der Waals surface area contributed by atoms with Crippen molar-refractivity contribution >= 4 is 34.7 Å². The summed E-state index contributed by atoms with van der Waals surface area (Å²) in [7, 11) is 0. The minimum atomic E-state index is -0.667. The van der Waals surface area contributed by atoms with Crippen molar-refractivity contribution in [2.75, 3.05) is 11.9 Å². The van der Waals surface area contributed by atoms with Gasteiger partial charge in [0.1, 0.15) is 6.61 Å². The molecule has 1 N–H and O–H groups in total. The normalized spacial score (nSPS) is 15.5. The van der Waals surface area contributed by atoms with Crippen LogP contribution in [0.15, 0.2) is 70.3 Å². The highest BCUT2D eigenvalue weighted by molar-refractivity contribution is 7.98. The first kappa shape index (κ1) is 17.0. The Morgan fingerprint density at radius 1 is 1.12 bits per heavy atom. The van der Waals surface area contributed by atoms with Gasteiger partial charge < -0.3 is 14.8 Å². The number of para-hydroxylation sites is 3. The summed E-state index contributed by atoms with van der Waals surface area (Å²) < 4.78 is 11.4. The number of benzene rings is 2. The van der Waals surface area contributed by atoms with Gasteiger partial charge in [-0.3, -0.25) is 4.79 Å². The number of fused-ring (bicyclic) bond motifs is 1. The minimum Gasteiger partial charge on any atom is -0.485 e. The molecule has 1 aliphatic heterocycles. The van der Waals surface area contributed by atoms with Gasteiger partial charge in [-0.2, -0.15) is 11.3 Å². The second-order valence-corrected chi connectivity index (χ2v) is 7.57. The third-order valence-corrected chi connectivity index (χ3v) is 5.80. The Kier molecular flexibility index (Phi) is 5.13. The van der Waals surface area contributed by atoms with E-state index in [-0.39, 0.29) is 12.5 Å². The maximum atomic E-state index is 12.6. The Hall–Kier alpha value is -2.44. The smallest absolute Gasteiger partial charge is 0.269 e. The van der Waals surface area contributed by atoms with E-state index in [1.807, 2.05) is 42.5 Å². The van der Waals surface area contributed by atoms with Crippen LogP contribution < -0.4 is 14.8 Å². The number of hydrogen-bond donors (Lipinski definition) is 1. The summed E-state index contributed by atoms with van der Waals surface area (Å²) in [6.07, 6.45) is -0.667. The molecule has 1 amide bonds. The fraction of sp³-hybridized carbons (Fsp3) is 0.150. The largest absolute Gasteiger partial charge is 0.485 e. The summed E-state index contributed by atoms with van der Waals surface area (Å²) >= 11 is 3.39. The number of anilines is 1. The van der Waals surface area contributed by atoms with Crippen LogP contribution in [-0.4, -0.2) is 18.6 Å². The average Bonchev–Trinajstić information content (AvgIpc) is 3.20. The van der Waals surface area contributed by atoms with Crippen molar-refractivity contribution in [2.24, 2.45) is 0 Å². The first-order valence-corrected chi connectivity index (χ1v) is 10.1. The summed E-state index contributed by atoms with van der Waals surface area (Å²) in [6, 6.07) is 17.3. The summed E-state index contributed by atoms with van der Waals surface area (Å²) in [5, 5.41) is 7.19. The minimum absolute atomic E-state index is 0.201. The van der Waals surface area contributed by atoms with Crippen LogP contribution in [0.3, 0.4) is 0 Å². The van der Waals surface area contributed by atoms with E-state index in [0.29, 0.717) is 11.5 Å².